The third-order valence-corrected chi connectivity index (χ3v) is 6.21. The van der Waals surface area contributed by atoms with Crippen LogP contribution in [0.3, 0.4) is 0 Å². The van der Waals surface area contributed by atoms with E-state index >= 15 is 0 Å². The summed E-state index contributed by atoms with van der Waals surface area (Å²) in [5, 5.41) is 3.52. The molecule has 1 saturated carbocycles. The van der Waals surface area contributed by atoms with Crippen molar-refractivity contribution >= 4 is 23.5 Å². The van der Waals surface area contributed by atoms with Crippen molar-refractivity contribution in [1.29, 1.82) is 0 Å². The van der Waals surface area contributed by atoms with Crippen molar-refractivity contribution in [1.82, 2.24) is 14.9 Å². The molecule has 0 bridgehead atoms. The maximum atomic E-state index is 12.8. The minimum Gasteiger partial charge on any atom is -0.353 e. The van der Waals surface area contributed by atoms with Gasteiger partial charge >= 0.3 is 0 Å². The monoisotopic (exact) mass is 421 g/mol. The van der Waals surface area contributed by atoms with Crippen molar-refractivity contribution in [2.45, 2.75) is 52.0 Å². The van der Waals surface area contributed by atoms with Gasteiger partial charge in [-0.3, -0.25) is 9.59 Å². The number of amides is 1. The van der Waals surface area contributed by atoms with Crippen molar-refractivity contribution in [3.63, 3.8) is 0 Å². The second-order valence-electron chi connectivity index (χ2n) is 8.58. The Labute approximate surface area is 183 Å². The smallest absolute Gasteiger partial charge is 0.253 e. The first-order valence-electron chi connectivity index (χ1n) is 11.3. The third kappa shape index (κ3) is 5.21. The van der Waals surface area contributed by atoms with Crippen LogP contribution in [0, 0.1) is 6.92 Å². The van der Waals surface area contributed by atoms with Crippen LogP contribution in [0.25, 0.3) is 0 Å². The Morgan fingerprint density at radius 3 is 2.23 bits per heavy atom. The summed E-state index contributed by atoms with van der Waals surface area (Å²) in [5.74, 6) is 1.65. The first-order valence-corrected chi connectivity index (χ1v) is 11.3. The number of nitrogens with zero attached hydrogens (tertiary/aromatic N) is 4. The molecule has 1 aromatic carbocycles. The van der Waals surface area contributed by atoms with Crippen LogP contribution in [0.4, 0.5) is 11.8 Å². The fourth-order valence-corrected chi connectivity index (χ4v) is 4.38. The maximum Gasteiger partial charge on any atom is 0.253 e. The summed E-state index contributed by atoms with van der Waals surface area (Å²) in [6, 6.07) is 9.40. The van der Waals surface area contributed by atoms with Gasteiger partial charge in [0.1, 0.15) is 5.82 Å². The number of rotatable bonds is 5. The molecule has 0 spiro atoms. The molecule has 0 atom stereocenters. The number of carbonyl (C=O) groups excluding carboxylic acids is 2. The minimum atomic E-state index is 0.00473. The average Bonchev–Trinajstić information content (AvgIpc) is 2.79. The fraction of sp³-hybridized carbons (Fsp3) is 0.500. The second-order valence-corrected chi connectivity index (χ2v) is 8.58. The molecule has 164 valence electrons. The van der Waals surface area contributed by atoms with E-state index in [0.717, 1.165) is 24.6 Å². The van der Waals surface area contributed by atoms with Crippen molar-refractivity contribution < 1.29 is 9.59 Å². The Morgan fingerprint density at radius 2 is 1.58 bits per heavy atom. The quantitative estimate of drug-likeness (QED) is 0.742. The first-order chi connectivity index (χ1) is 15.0. The molecule has 1 aliphatic heterocycles. The number of aromatic nitrogens is 2. The lowest BCUT2D eigenvalue weighted by molar-refractivity contribution is 0.0746. The predicted molar refractivity (Wildman–Crippen MR) is 122 cm³/mol. The number of aryl methyl sites for hydroxylation is 1. The number of anilines is 2. The molecular formula is C24H31N5O2. The average molecular weight is 422 g/mol. The third-order valence-electron chi connectivity index (χ3n) is 6.21. The van der Waals surface area contributed by atoms with E-state index in [9.17, 15) is 9.59 Å². The Balaban J connectivity index is 1.37. The Hall–Kier alpha value is -2.96. The summed E-state index contributed by atoms with van der Waals surface area (Å²) in [7, 11) is 0. The highest BCUT2D eigenvalue weighted by atomic mass is 16.2. The second kappa shape index (κ2) is 9.45. The molecule has 7 nitrogen and oxygen atoms in total. The van der Waals surface area contributed by atoms with Gasteiger partial charge in [0.25, 0.3) is 5.91 Å². The van der Waals surface area contributed by atoms with Crippen molar-refractivity contribution in [2.24, 2.45) is 0 Å². The van der Waals surface area contributed by atoms with Gasteiger partial charge in [-0.25, -0.2) is 4.98 Å². The summed E-state index contributed by atoms with van der Waals surface area (Å²) in [5.41, 5.74) is 2.20. The Bertz CT molecular complexity index is 929. The van der Waals surface area contributed by atoms with E-state index in [1.807, 2.05) is 17.9 Å². The fourth-order valence-electron chi connectivity index (χ4n) is 4.38. The van der Waals surface area contributed by atoms with Gasteiger partial charge in [0.15, 0.2) is 5.78 Å². The summed E-state index contributed by atoms with van der Waals surface area (Å²) in [4.78, 5) is 37.7. The summed E-state index contributed by atoms with van der Waals surface area (Å²) in [6.45, 7) is 6.28. The largest absolute Gasteiger partial charge is 0.353 e. The number of Topliss-reactive ketones (excluding diaryl/α,β-unsaturated/α-hetero) is 1. The van der Waals surface area contributed by atoms with Gasteiger partial charge in [-0.05, 0) is 38.8 Å². The van der Waals surface area contributed by atoms with Gasteiger partial charge in [-0.2, -0.15) is 4.98 Å². The van der Waals surface area contributed by atoms with Gasteiger partial charge in [-0.1, -0.05) is 31.4 Å². The molecule has 7 heteroatoms. The van der Waals surface area contributed by atoms with Crippen LogP contribution in [0.15, 0.2) is 30.3 Å². The Morgan fingerprint density at radius 1 is 0.935 bits per heavy atom. The normalized spacial score (nSPS) is 17.5. The van der Waals surface area contributed by atoms with Gasteiger partial charge < -0.3 is 15.1 Å². The number of carbonyl (C=O) groups is 2. The molecule has 2 heterocycles. The van der Waals surface area contributed by atoms with Crippen LogP contribution >= 0.6 is 0 Å². The highest BCUT2D eigenvalue weighted by Crippen LogP contribution is 2.23. The van der Waals surface area contributed by atoms with E-state index < -0.39 is 0 Å². The summed E-state index contributed by atoms with van der Waals surface area (Å²) in [6.07, 6.45) is 6.22. The lowest BCUT2D eigenvalue weighted by Crippen LogP contribution is -2.49. The molecule has 4 rings (SSSR count). The van der Waals surface area contributed by atoms with Gasteiger partial charge in [0.05, 0.1) is 0 Å². The van der Waals surface area contributed by atoms with Gasteiger partial charge in [0, 0.05) is 55.1 Å². The molecule has 2 fully saturated rings. The van der Waals surface area contributed by atoms with E-state index in [-0.39, 0.29) is 11.7 Å². The molecule has 1 saturated heterocycles. The molecule has 2 aliphatic rings. The molecule has 1 aromatic heterocycles. The van der Waals surface area contributed by atoms with Crippen LogP contribution in [-0.4, -0.2) is 58.8 Å². The molecule has 2 aromatic rings. The first kappa shape index (κ1) is 21.3. The SMILES string of the molecule is CC(=O)c1ccc(C(=O)N2CCN(c3cc(C)nc(NC4CCCCC4)n3)CC2)cc1. The zero-order valence-electron chi connectivity index (χ0n) is 18.4. The number of nitrogens with one attached hydrogen (secondary N) is 1. The van der Waals surface area contributed by atoms with Gasteiger partial charge in [0.2, 0.25) is 5.95 Å². The van der Waals surface area contributed by atoms with Crippen LogP contribution in [0.5, 0.6) is 0 Å². The zero-order chi connectivity index (χ0) is 21.8. The predicted octanol–water partition coefficient (Wildman–Crippen LogP) is 3.69. The summed E-state index contributed by atoms with van der Waals surface area (Å²) < 4.78 is 0. The van der Waals surface area contributed by atoms with Crippen molar-refractivity contribution in [2.75, 3.05) is 36.4 Å². The summed E-state index contributed by atoms with van der Waals surface area (Å²) >= 11 is 0. The maximum absolute atomic E-state index is 12.8. The lowest BCUT2D eigenvalue weighted by atomic mass is 9.96. The van der Waals surface area contributed by atoms with Gasteiger partial charge in [-0.15, -0.1) is 0 Å². The molecule has 1 N–H and O–H groups in total. The number of ketones is 1. The molecule has 0 radical (unpaired) electrons. The van der Waals surface area contributed by atoms with Crippen LogP contribution in [0.1, 0.15) is 65.4 Å². The van der Waals surface area contributed by atoms with Crippen LogP contribution < -0.4 is 10.2 Å². The molecule has 1 aliphatic carbocycles. The molecular weight excluding hydrogens is 390 g/mol. The minimum absolute atomic E-state index is 0.00473. The zero-order valence-corrected chi connectivity index (χ0v) is 18.4. The van der Waals surface area contributed by atoms with E-state index in [1.54, 1.807) is 24.3 Å². The number of benzene rings is 1. The topological polar surface area (TPSA) is 78.4 Å². The number of hydrogen-bond donors (Lipinski definition) is 1. The molecule has 0 unspecified atom stereocenters. The highest BCUT2D eigenvalue weighted by molar-refractivity contribution is 5.97. The van der Waals surface area contributed by atoms with E-state index in [0.29, 0.717) is 36.2 Å². The molecule has 31 heavy (non-hydrogen) atoms. The number of piperazine rings is 1. The van der Waals surface area contributed by atoms with Crippen LogP contribution in [0.2, 0.25) is 0 Å². The lowest BCUT2D eigenvalue weighted by Gasteiger charge is -2.35. The van der Waals surface area contributed by atoms with Crippen molar-refractivity contribution in [3.05, 3.63) is 47.2 Å². The highest BCUT2D eigenvalue weighted by Gasteiger charge is 2.24. The molecule has 1 amide bonds. The van der Waals surface area contributed by atoms with Crippen molar-refractivity contribution in [3.8, 4) is 0 Å². The van der Waals surface area contributed by atoms with Crippen LogP contribution in [-0.2, 0) is 0 Å². The Kier molecular flexibility index (Phi) is 6.49. The standard InChI is InChI=1S/C24H31N5O2/c1-17-16-22(27-24(25-17)26-21-6-4-3-5-7-21)28-12-14-29(15-13-28)23(31)20-10-8-19(9-11-20)18(2)30/h8-11,16,21H,3-7,12-15H2,1-2H3,(H,25,26,27). The van der Waals surface area contributed by atoms with E-state index in [2.05, 4.69) is 15.2 Å². The number of hydrogen-bond acceptors (Lipinski definition) is 6. The van der Waals surface area contributed by atoms with E-state index in [1.165, 1.54) is 39.0 Å². The van der Waals surface area contributed by atoms with E-state index in [4.69, 9.17) is 4.98 Å².